The number of nitrogens with zero attached hydrogens (tertiary/aromatic N) is 2. The number of primary sulfonamides is 1. The molecule has 0 radical (unpaired) electrons. The zero-order valence-electron chi connectivity index (χ0n) is 17.0. The van der Waals surface area contributed by atoms with E-state index >= 15 is 0 Å². The van der Waals surface area contributed by atoms with E-state index in [1.165, 1.54) is 16.4 Å². The second kappa shape index (κ2) is 7.13. The summed E-state index contributed by atoms with van der Waals surface area (Å²) in [4.78, 5) is 2.74. The molecule has 9 nitrogen and oxygen atoms in total. The molecule has 2 saturated heterocycles. The lowest BCUT2D eigenvalue weighted by Crippen LogP contribution is -2.71. The zero-order valence-corrected chi connectivity index (χ0v) is 18.6. The van der Waals surface area contributed by atoms with Crippen molar-refractivity contribution >= 4 is 30.9 Å². The Labute approximate surface area is 185 Å². The van der Waals surface area contributed by atoms with Gasteiger partial charge in [0.1, 0.15) is 0 Å². The Morgan fingerprint density at radius 3 is 2.47 bits per heavy atom. The molecule has 3 heterocycles. The summed E-state index contributed by atoms with van der Waals surface area (Å²) in [7, 11) is -8.06. The van der Waals surface area contributed by atoms with E-state index in [-0.39, 0.29) is 21.6 Å². The lowest BCUT2D eigenvalue weighted by atomic mass is 9.76. The highest BCUT2D eigenvalue weighted by molar-refractivity contribution is 7.90. The smallest absolute Gasteiger partial charge is 0.243 e. The predicted molar refractivity (Wildman–Crippen MR) is 118 cm³/mol. The van der Waals surface area contributed by atoms with Crippen LogP contribution in [0.3, 0.4) is 0 Å². The van der Waals surface area contributed by atoms with Crippen LogP contribution in [0.15, 0.2) is 52.4 Å². The fourth-order valence-corrected chi connectivity index (χ4v) is 7.06. The Kier molecular flexibility index (Phi) is 4.70. The first-order valence-electron chi connectivity index (χ1n) is 9.99. The number of nitrogens with one attached hydrogen (secondary N) is 2. The second-order valence-electron chi connectivity index (χ2n) is 8.46. The number of nitriles is 1. The summed E-state index contributed by atoms with van der Waals surface area (Å²) < 4.78 is 52.5. The molecule has 2 fully saturated rings. The van der Waals surface area contributed by atoms with Crippen molar-refractivity contribution in [2.75, 3.05) is 26.2 Å². The monoisotopic (exact) mass is 471 g/mol. The standard InChI is InChI=1S/C21H21N5O4S2/c22-7-6-14-9-25-20-16(14)2-1-3-18(20)17-5-4-15(8-19(17)31(23,27)28)32(29,30)26-12-21(13-26)10-24-11-21/h1-5,8-9,24-25H,6,10-13H2,(H2,23,27,28). The molecule has 32 heavy (non-hydrogen) atoms. The molecule has 4 N–H and O–H groups in total. The molecule has 0 saturated carbocycles. The van der Waals surface area contributed by atoms with Gasteiger partial charge >= 0.3 is 0 Å². The van der Waals surface area contributed by atoms with Crippen molar-refractivity contribution in [1.82, 2.24) is 14.6 Å². The topological polar surface area (TPSA) is 149 Å². The van der Waals surface area contributed by atoms with Gasteiger partial charge in [-0.25, -0.2) is 22.0 Å². The summed E-state index contributed by atoms with van der Waals surface area (Å²) in [6.45, 7) is 2.40. The van der Waals surface area contributed by atoms with E-state index in [1.54, 1.807) is 18.3 Å². The molecular formula is C21H21N5O4S2. The Balaban J connectivity index is 1.61. The number of fused-ring (bicyclic) bond motifs is 1. The number of aromatic amines is 1. The first kappa shape index (κ1) is 21.1. The number of nitrogens with two attached hydrogens (primary N) is 1. The van der Waals surface area contributed by atoms with Gasteiger partial charge in [-0.1, -0.05) is 24.3 Å². The van der Waals surface area contributed by atoms with Gasteiger partial charge in [-0.15, -0.1) is 0 Å². The van der Waals surface area contributed by atoms with Gasteiger partial charge in [-0.3, -0.25) is 0 Å². The maximum absolute atomic E-state index is 13.1. The summed E-state index contributed by atoms with van der Waals surface area (Å²) >= 11 is 0. The van der Waals surface area contributed by atoms with Gasteiger partial charge in [-0.2, -0.15) is 9.57 Å². The zero-order chi connectivity index (χ0) is 22.7. The van der Waals surface area contributed by atoms with Crippen LogP contribution in [0, 0.1) is 16.7 Å². The second-order valence-corrected chi connectivity index (χ2v) is 11.9. The van der Waals surface area contributed by atoms with Crippen LogP contribution >= 0.6 is 0 Å². The largest absolute Gasteiger partial charge is 0.360 e. The Hall–Kier alpha value is -2.75. The fourth-order valence-electron chi connectivity index (χ4n) is 4.51. The van der Waals surface area contributed by atoms with Crippen LogP contribution in [0.1, 0.15) is 5.56 Å². The number of rotatable bonds is 5. The summed E-state index contributed by atoms with van der Waals surface area (Å²) in [6, 6.07) is 11.5. The van der Waals surface area contributed by atoms with Gasteiger partial charge in [0, 0.05) is 54.3 Å². The van der Waals surface area contributed by atoms with Crippen LogP contribution in [0.2, 0.25) is 0 Å². The molecule has 3 aromatic rings. The van der Waals surface area contributed by atoms with Crippen LogP contribution in [0.5, 0.6) is 0 Å². The quantitative estimate of drug-likeness (QED) is 0.508. The number of aromatic nitrogens is 1. The van der Waals surface area contributed by atoms with Crippen LogP contribution in [0.4, 0.5) is 0 Å². The van der Waals surface area contributed by atoms with Gasteiger partial charge in [0.05, 0.1) is 27.8 Å². The Morgan fingerprint density at radius 2 is 1.84 bits per heavy atom. The van der Waals surface area contributed by atoms with Crippen molar-refractivity contribution in [1.29, 1.82) is 5.26 Å². The molecule has 166 valence electrons. The lowest BCUT2D eigenvalue weighted by Gasteiger charge is -2.55. The van der Waals surface area contributed by atoms with Crippen LogP contribution in [0.25, 0.3) is 22.0 Å². The molecule has 0 amide bonds. The number of para-hydroxylation sites is 1. The van der Waals surface area contributed by atoms with Crippen LogP contribution in [-0.4, -0.2) is 52.3 Å². The minimum Gasteiger partial charge on any atom is -0.360 e. The third kappa shape index (κ3) is 3.23. The van der Waals surface area contributed by atoms with Gasteiger partial charge in [0.25, 0.3) is 0 Å². The van der Waals surface area contributed by atoms with E-state index < -0.39 is 20.0 Å². The number of hydrogen-bond donors (Lipinski definition) is 3. The first-order chi connectivity index (χ1) is 15.1. The minimum absolute atomic E-state index is 0.000179. The van der Waals surface area contributed by atoms with Crippen LogP contribution in [-0.2, 0) is 26.5 Å². The molecule has 1 spiro atoms. The summed E-state index contributed by atoms with van der Waals surface area (Å²) in [5.74, 6) is 0. The molecule has 11 heteroatoms. The normalized spacial score (nSPS) is 18.2. The summed E-state index contributed by atoms with van der Waals surface area (Å²) in [5.41, 5.74) is 2.30. The SMILES string of the molecule is N#CCc1c[nH]c2c(-c3ccc(S(=O)(=O)N4CC5(CNC5)C4)cc3S(N)(=O)=O)cccc12. The van der Waals surface area contributed by atoms with Gasteiger partial charge in [0.15, 0.2) is 0 Å². The molecule has 2 aromatic carbocycles. The van der Waals surface area contributed by atoms with E-state index in [4.69, 9.17) is 10.4 Å². The molecule has 0 unspecified atom stereocenters. The summed E-state index contributed by atoms with van der Waals surface area (Å²) in [6.07, 6.45) is 1.91. The maximum atomic E-state index is 13.1. The minimum atomic E-state index is -4.23. The van der Waals surface area contributed by atoms with Gasteiger partial charge in [-0.05, 0) is 17.7 Å². The highest BCUT2D eigenvalue weighted by atomic mass is 32.2. The molecule has 0 bridgehead atoms. The number of H-pyrrole nitrogens is 1. The van der Waals surface area contributed by atoms with Crippen molar-refractivity contribution < 1.29 is 16.8 Å². The third-order valence-electron chi connectivity index (χ3n) is 6.28. The Morgan fingerprint density at radius 1 is 1.09 bits per heavy atom. The van der Waals surface area contributed by atoms with Crippen LogP contribution < -0.4 is 10.5 Å². The highest BCUT2D eigenvalue weighted by Crippen LogP contribution is 2.39. The van der Waals surface area contributed by atoms with E-state index in [2.05, 4.69) is 16.4 Å². The molecule has 0 atom stereocenters. The molecule has 0 aliphatic carbocycles. The van der Waals surface area contributed by atoms with Crippen molar-refractivity contribution in [2.24, 2.45) is 10.6 Å². The maximum Gasteiger partial charge on any atom is 0.243 e. The van der Waals surface area contributed by atoms with Gasteiger partial charge < -0.3 is 10.3 Å². The predicted octanol–water partition coefficient (Wildman–Crippen LogP) is 1.14. The number of sulfonamides is 2. The van der Waals surface area contributed by atoms with Crippen molar-refractivity contribution in [3.63, 3.8) is 0 Å². The first-order valence-corrected chi connectivity index (χ1v) is 13.0. The van der Waals surface area contributed by atoms with E-state index in [9.17, 15) is 16.8 Å². The van der Waals surface area contributed by atoms with Crippen molar-refractivity contribution in [3.8, 4) is 17.2 Å². The average molecular weight is 472 g/mol. The fraction of sp³-hybridized carbons (Fsp3) is 0.286. The van der Waals surface area contributed by atoms with E-state index in [0.29, 0.717) is 29.7 Å². The Bertz CT molecular complexity index is 1490. The number of hydrogen-bond acceptors (Lipinski definition) is 6. The van der Waals surface area contributed by atoms with E-state index in [1.807, 2.05) is 6.07 Å². The molecule has 2 aliphatic heterocycles. The molecule has 5 rings (SSSR count). The molecule has 1 aromatic heterocycles. The summed E-state index contributed by atoms with van der Waals surface area (Å²) in [5, 5.41) is 18.5. The highest BCUT2D eigenvalue weighted by Gasteiger charge is 2.52. The third-order valence-corrected chi connectivity index (χ3v) is 9.02. The average Bonchev–Trinajstić information content (AvgIpc) is 3.08. The lowest BCUT2D eigenvalue weighted by molar-refractivity contribution is 0.0164. The molecular weight excluding hydrogens is 450 g/mol. The van der Waals surface area contributed by atoms with Crippen molar-refractivity contribution in [3.05, 3.63) is 48.2 Å². The van der Waals surface area contributed by atoms with E-state index in [0.717, 1.165) is 30.1 Å². The van der Waals surface area contributed by atoms with Gasteiger partial charge in [0.2, 0.25) is 20.0 Å². The van der Waals surface area contributed by atoms with Crippen molar-refractivity contribution in [2.45, 2.75) is 16.2 Å². The number of benzene rings is 2. The molecule has 2 aliphatic rings.